The molecule has 0 radical (unpaired) electrons. The van der Waals surface area contributed by atoms with Crippen LogP contribution in [0.3, 0.4) is 0 Å². The van der Waals surface area contributed by atoms with E-state index in [2.05, 4.69) is 22.5 Å². The lowest BCUT2D eigenvalue weighted by molar-refractivity contribution is -0.126. The third kappa shape index (κ3) is 3.95. The lowest BCUT2D eigenvalue weighted by Gasteiger charge is -2.17. The van der Waals surface area contributed by atoms with Gasteiger partial charge in [-0.1, -0.05) is 6.92 Å². The molecule has 1 aliphatic carbocycles. The van der Waals surface area contributed by atoms with Crippen LogP contribution in [0.25, 0.3) is 10.2 Å². The zero-order chi connectivity index (χ0) is 18.8. The van der Waals surface area contributed by atoms with Gasteiger partial charge in [0.2, 0.25) is 11.8 Å². The van der Waals surface area contributed by atoms with Crippen LogP contribution in [0.1, 0.15) is 37.6 Å². The molecule has 3 rings (SSSR count). The molecular weight excluding hydrogens is 352 g/mol. The first-order valence-electron chi connectivity index (χ1n) is 8.91. The lowest BCUT2D eigenvalue weighted by atomic mass is 9.89. The Morgan fingerprint density at radius 2 is 2.15 bits per heavy atom. The van der Waals surface area contributed by atoms with Crippen molar-refractivity contribution in [2.24, 2.45) is 5.92 Å². The van der Waals surface area contributed by atoms with E-state index >= 15 is 0 Å². The normalized spacial score (nSPS) is 16.5. The highest BCUT2D eigenvalue weighted by Gasteiger charge is 2.23. The third-order valence-electron chi connectivity index (χ3n) is 4.49. The van der Waals surface area contributed by atoms with Crippen LogP contribution in [-0.2, 0) is 29.0 Å². The van der Waals surface area contributed by atoms with Gasteiger partial charge in [0.25, 0.3) is 5.56 Å². The molecule has 2 aromatic heterocycles. The quantitative estimate of drug-likeness (QED) is 0.821. The maximum atomic E-state index is 12.8. The van der Waals surface area contributed by atoms with Gasteiger partial charge in [0.05, 0.1) is 18.3 Å². The predicted octanol–water partition coefficient (Wildman–Crippen LogP) is 1.22. The number of fused-ring (bicyclic) bond motifs is 3. The lowest BCUT2D eigenvalue weighted by Crippen LogP contribution is -2.41. The Kier molecular flexibility index (Phi) is 5.41. The van der Waals surface area contributed by atoms with Gasteiger partial charge < -0.3 is 10.6 Å². The average Bonchev–Trinajstić information content (AvgIpc) is 2.93. The van der Waals surface area contributed by atoms with Crippen LogP contribution in [0.4, 0.5) is 0 Å². The van der Waals surface area contributed by atoms with Gasteiger partial charge in [-0.3, -0.25) is 19.0 Å². The number of aryl methyl sites for hydroxylation is 1. The van der Waals surface area contributed by atoms with Crippen LogP contribution >= 0.6 is 11.3 Å². The maximum Gasteiger partial charge on any atom is 0.262 e. The molecule has 0 spiro atoms. The van der Waals surface area contributed by atoms with Gasteiger partial charge in [-0.25, -0.2) is 4.98 Å². The van der Waals surface area contributed by atoms with Crippen LogP contribution in [0.5, 0.6) is 0 Å². The van der Waals surface area contributed by atoms with E-state index in [0.717, 1.165) is 29.7 Å². The van der Waals surface area contributed by atoms with E-state index in [4.69, 9.17) is 0 Å². The van der Waals surface area contributed by atoms with Crippen molar-refractivity contribution in [1.29, 1.82) is 0 Å². The minimum atomic E-state index is -0.384. The second-order valence-corrected chi connectivity index (χ2v) is 8.29. The highest BCUT2D eigenvalue weighted by Crippen LogP contribution is 2.35. The van der Waals surface area contributed by atoms with Gasteiger partial charge in [0.1, 0.15) is 11.4 Å². The van der Waals surface area contributed by atoms with Crippen molar-refractivity contribution in [3.63, 3.8) is 0 Å². The molecule has 2 aromatic rings. The Morgan fingerprint density at radius 3 is 2.88 bits per heavy atom. The molecule has 1 aliphatic rings. The van der Waals surface area contributed by atoms with Crippen LogP contribution in [0.15, 0.2) is 11.1 Å². The van der Waals surface area contributed by atoms with E-state index in [1.165, 1.54) is 15.8 Å². The summed E-state index contributed by atoms with van der Waals surface area (Å²) >= 11 is 1.59. The summed E-state index contributed by atoms with van der Waals surface area (Å²) < 4.78 is 1.32. The number of nitrogens with zero attached hydrogens (tertiary/aromatic N) is 2. The van der Waals surface area contributed by atoms with Gasteiger partial charge in [-0.2, -0.15) is 0 Å². The van der Waals surface area contributed by atoms with Crippen molar-refractivity contribution in [1.82, 2.24) is 20.2 Å². The average molecular weight is 376 g/mol. The monoisotopic (exact) mass is 376 g/mol. The summed E-state index contributed by atoms with van der Waals surface area (Å²) in [5.74, 6) is -0.0132. The van der Waals surface area contributed by atoms with E-state index < -0.39 is 0 Å². The van der Waals surface area contributed by atoms with E-state index in [1.807, 2.05) is 13.8 Å². The molecule has 2 N–H and O–H groups in total. The first-order valence-corrected chi connectivity index (χ1v) is 9.72. The molecule has 1 atom stereocenters. The molecule has 7 nitrogen and oxygen atoms in total. The molecule has 0 unspecified atom stereocenters. The minimum absolute atomic E-state index is 0.0149. The number of hydrogen-bond acceptors (Lipinski definition) is 5. The number of rotatable bonds is 5. The number of nitrogens with one attached hydrogen (secondary N) is 2. The first kappa shape index (κ1) is 18.6. The maximum absolute atomic E-state index is 12.8. The Morgan fingerprint density at radius 1 is 1.38 bits per heavy atom. The summed E-state index contributed by atoms with van der Waals surface area (Å²) in [5, 5.41) is 5.89. The Labute approximate surface area is 155 Å². The number of hydrogen-bond donors (Lipinski definition) is 2. The first-order chi connectivity index (χ1) is 12.3. The van der Waals surface area contributed by atoms with Crippen molar-refractivity contribution < 1.29 is 9.59 Å². The van der Waals surface area contributed by atoms with Gasteiger partial charge >= 0.3 is 0 Å². The van der Waals surface area contributed by atoms with E-state index in [1.54, 1.807) is 11.3 Å². The van der Waals surface area contributed by atoms with E-state index in [0.29, 0.717) is 11.3 Å². The fourth-order valence-electron chi connectivity index (χ4n) is 3.24. The number of thiophene rings is 1. The minimum Gasteiger partial charge on any atom is -0.352 e. The SMILES string of the molecule is CC(C)NC(=O)CNC(=O)Cn1cnc2sc3c(c2c1=O)CC[C@H](C)C3. The van der Waals surface area contributed by atoms with Gasteiger partial charge in [0.15, 0.2) is 0 Å². The Balaban J connectivity index is 1.75. The van der Waals surface area contributed by atoms with Gasteiger partial charge in [0, 0.05) is 10.9 Å². The van der Waals surface area contributed by atoms with Crippen molar-refractivity contribution in [3.05, 3.63) is 27.1 Å². The fraction of sp³-hybridized carbons (Fsp3) is 0.556. The molecule has 0 saturated carbocycles. The summed E-state index contributed by atoms with van der Waals surface area (Å²) in [4.78, 5) is 42.9. The summed E-state index contributed by atoms with van der Waals surface area (Å²) in [5.41, 5.74) is 0.926. The Hall–Kier alpha value is -2.22. The van der Waals surface area contributed by atoms with Crippen molar-refractivity contribution >= 4 is 33.4 Å². The van der Waals surface area contributed by atoms with E-state index in [9.17, 15) is 14.4 Å². The zero-order valence-corrected chi connectivity index (χ0v) is 16.1. The topological polar surface area (TPSA) is 93.1 Å². The molecule has 8 heteroatoms. The fourth-order valence-corrected chi connectivity index (χ4v) is 4.58. The molecule has 2 heterocycles. The van der Waals surface area contributed by atoms with E-state index in [-0.39, 0.29) is 36.5 Å². The third-order valence-corrected chi connectivity index (χ3v) is 5.65. The molecule has 0 saturated heterocycles. The van der Waals surface area contributed by atoms with Crippen molar-refractivity contribution in [2.75, 3.05) is 6.54 Å². The molecule has 0 bridgehead atoms. The Bertz CT molecular complexity index is 900. The number of amides is 2. The van der Waals surface area contributed by atoms with Crippen LogP contribution < -0.4 is 16.2 Å². The molecule has 0 aliphatic heterocycles. The summed E-state index contributed by atoms with van der Waals surface area (Å²) in [7, 11) is 0. The highest BCUT2D eigenvalue weighted by molar-refractivity contribution is 7.18. The van der Waals surface area contributed by atoms with Crippen LogP contribution in [0.2, 0.25) is 0 Å². The number of aromatic nitrogens is 2. The molecule has 26 heavy (non-hydrogen) atoms. The second kappa shape index (κ2) is 7.57. The smallest absolute Gasteiger partial charge is 0.262 e. The largest absolute Gasteiger partial charge is 0.352 e. The summed E-state index contributed by atoms with van der Waals surface area (Å²) in [6, 6.07) is 0.0149. The molecule has 0 aromatic carbocycles. The van der Waals surface area contributed by atoms with Crippen LogP contribution in [0, 0.1) is 5.92 Å². The summed E-state index contributed by atoms with van der Waals surface area (Å²) in [6.45, 7) is 5.68. The zero-order valence-electron chi connectivity index (χ0n) is 15.3. The van der Waals surface area contributed by atoms with Crippen LogP contribution in [-0.4, -0.2) is 34.0 Å². The number of carbonyl (C=O) groups is 2. The predicted molar refractivity (Wildman–Crippen MR) is 101 cm³/mol. The van der Waals surface area contributed by atoms with Gasteiger partial charge in [-0.05, 0) is 44.6 Å². The molecule has 140 valence electrons. The van der Waals surface area contributed by atoms with Gasteiger partial charge in [-0.15, -0.1) is 11.3 Å². The highest BCUT2D eigenvalue weighted by atomic mass is 32.1. The standard InChI is InChI=1S/C18H24N4O3S/c1-10(2)21-14(23)7-19-15(24)8-22-9-20-17-16(18(22)25)12-5-4-11(3)6-13(12)26-17/h9-11H,4-8H2,1-3H3,(H,19,24)(H,21,23)/t11-/m0/s1. The molecular formula is C18H24N4O3S. The van der Waals surface area contributed by atoms with Crippen molar-refractivity contribution in [3.8, 4) is 0 Å². The molecule has 0 fully saturated rings. The second-order valence-electron chi connectivity index (χ2n) is 7.21. The molecule has 2 amide bonds. The van der Waals surface area contributed by atoms with Crippen molar-refractivity contribution in [2.45, 2.75) is 52.6 Å². The summed E-state index contributed by atoms with van der Waals surface area (Å²) in [6.07, 6.45) is 4.36. The number of carbonyl (C=O) groups excluding carboxylic acids is 2.